The zero-order chi connectivity index (χ0) is 20.8. The quantitative estimate of drug-likeness (QED) is 0.376. The van der Waals surface area contributed by atoms with Crippen LogP contribution in [0.25, 0.3) is 10.6 Å². The van der Waals surface area contributed by atoms with Gasteiger partial charge in [-0.25, -0.2) is 14.8 Å². The Hall–Kier alpha value is -3.71. The van der Waals surface area contributed by atoms with Gasteiger partial charge in [-0.1, -0.05) is 30.3 Å². The first kappa shape index (κ1) is 19.6. The lowest BCUT2D eigenvalue weighted by molar-refractivity contribution is 0.0465. The number of para-hydroxylation sites is 1. The first-order valence-corrected chi connectivity index (χ1v) is 10.0. The molecule has 0 radical (unpaired) electrons. The van der Waals surface area contributed by atoms with Crippen LogP contribution in [-0.2, 0) is 11.3 Å². The normalized spacial score (nSPS) is 10.4. The molecule has 4 rings (SSSR count). The highest BCUT2D eigenvalue weighted by atomic mass is 32.1. The minimum atomic E-state index is -0.523. The number of aromatic nitrogens is 2. The molecule has 7 heteroatoms. The molecule has 2 aromatic heterocycles. The van der Waals surface area contributed by atoms with Gasteiger partial charge in [0.05, 0.1) is 12.8 Å². The van der Waals surface area contributed by atoms with E-state index in [0.717, 1.165) is 16.3 Å². The third kappa shape index (κ3) is 4.64. The molecule has 0 bridgehead atoms. The maximum atomic E-state index is 12.6. The number of thiazole rings is 1. The largest absolute Gasteiger partial charge is 0.497 e. The summed E-state index contributed by atoms with van der Waals surface area (Å²) in [6.45, 7) is 0.0545. The van der Waals surface area contributed by atoms with E-state index in [1.165, 1.54) is 11.3 Å². The van der Waals surface area contributed by atoms with Gasteiger partial charge in [-0.3, -0.25) is 0 Å². The van der Waals surface area contributed by atoms with Gasteiger partial charge in [-0.15, -0.1) is 11.3 Å². The number of pyridine rings is 1. The van der Waals surface area contributed by atoms with Gasteiger partial charge in [-0.2, -0.15) is 0 Å². The fourth-order valence-electron chi connectivity index (χ4n) is 2.71. The lowest BCUT2D eigenvalue weighted by atomic mass is 10.2. The molecule has 0 amide bonds. The first-order chi connectivity index (χ1) is 14.7. The van der Waals surface area contributed by atoms with E-state index in [0.29, 0.717) is 11.4 Å². The van der Waals surface area contributed by atoms with E-state index in [2.05, 4.69) is 9.97 Å². The molecule has 2 aromatic carbocycles. The minimum absolute atomic E-state index is 0.0545. The van der Waals surface area contributed by atoms with E-state index in [4.69, 9.17) is 14.2 Å². The third-order valence-electron chi connectivity index (χ3n) is 4.17. The third-order valence-corrected chi connectivity index (χ3v) is 5.11. The molecule has 0 fully saturated rings. The van der Waals surface area contributed by atoms with Crippen molar-refractivity contribution >= 4 is 17.3 Å². The van der Waals surface area contributed by atoms with Crippen LogP contribution in [0.1, 0.15) is 16.1 Å². The number of carbonyl (C=O) groups excluding carboxylic acids is 1. The minimum Gasteiger partial charge on any atom is -0.497 e. The fraction of sp³-hybridized carbons (Fsp3) is 0.0870. The van der Waals surface area contributed by atoms with Crippen LogP contribution in [0.3, 0.4) is 0 Å². The summed E-state index contributed by atoms with van der Waals surface area (Å²) in [5, 5.41) is 2.70. The molecule has 0 atom stereocenters. The van der Waals surface area contributed by atoms with Gasteiger partial charge in [0, 0.05) is 17.1 Å². The monoisotopic (exact) mass is 418 g/mol. The van der Waals surface area contributed by atoms with Crippen LogP contribution in [0.5, 0.6) is 17.4 Å². The van der Waals surface area contributed by atoms with E-state index in [9.17, 15) is 4.79 Å². The molecule has 150 valence electrons. The van der Waals surface area contributed by atoms with Crippen LogP contribution < -0.4 is 9.47 Å². The van der Waals surface area contributed by atoms with Crippen LogP contribution in [0.4, 0.5) is 0 Å². The van der Waals surface area contributed by atoms with Gasteiger partial charge in [0.1, 0.15) is 28.7 Å². The fourth-order valence-corrected chi connectivity index (χ4v) is 3.51. The molecule has 2 heterocycles. The number of hydrogen-bond donors (Lipinski definition) is 0. The standard InChI is InChI=1S/C23H18N2O4S/c1-27-19-10-5-7-16(13-19)22-25-17(15-30-22)14-28-23(26)20-11-6-12-24-21(20)29-18-8-3-2-4-9-18/h2-13,15H,14H2,1H3. The van der Waals surface area contributed by atoms with Gasteiger partial charge in [0.15, 0.2) is 0 Å². The van der Waals surface area contributed by atoms with Crippen molar-refractivity contribution < 1.29 is 19.0 Å². The lowest BCUT2D eigenvalue weighted by Gasteiger charge is -2.09. The van der Waals surface area contributed by atoms with Crippen LogP contribution in [-0.4, -0.2) is 23.0 Å². The number of methoxy groups -OCH3 is 1. The predicted molar refractivity (Wildman–Crippen MR) is 114 cm³/mol. The highest BCUT2D eigenvalue weighted by Crippen LogP contribution is 2.28. The number of hydrogen-bond acceptors (Lipinski definition) is 7. The zero-order valence-corrected chi connectivity index (χ0v) is 17.0. The summed E-state index contributed by atoms with van der Waals surface area (Å²) in [5.74, 6) is 1.03. The summed E-state index contributed by atoms with van der Waals surface area (Å²) < 4.78 is 16.4. The molecular formula is C23H18N2O4S. The SMILES string of the molecule is COc1cccc(-c2nc(COC(=O)c3cccnc3Oc3ccccc3)cs2)c1. The highest BCUT2D eigenvalue weighted by molar-refractivity contribution is 7.13. The molecule has 30 heavy (non-hydrogen) atoms. The summed E-state index contributed by atoms with van der Waals surface area (Å²) in [4.78, 5) is 21.3. The number of rotatable bonds is 7. The Balaban J connectivity index is 1.44. The second kappa shape index (κ2) is 9.19. The Morgan fingerprint density at radius 1 is 1.00 bits per heavy atom. The maximum Gasteiger partial charge on any atom is 0.344 e. The Morgan fingerprint density at radius 2 is 1.83 bits per heavy atom. The molecule has 0 aliphatic carbocycles. The molecule has 4 aromatic rings. The topological polar surface area (TPSA) is 70.5 Å². The van der Waals surface area contributed by atoms with E-state index in [1.807, 2.05) is 47.8 Å². The Kier molecular flexibility index (Phi) is 6.01. The van der Waals surface area contributed by atoms with Crippen LogP contribution >= 0.6 is 11.3 Å². The average Bonchev–Trinajstić information content (AvgIpc) is 3.28. The smallest absolute Gasteiger partial charge is 0.344 e. The average molecular weight is 418 g/mol. The van der Waals surface area contributed by atoms with E-state index in [1.54, 1.807) is 37.6 Å². The van der Waals surface area contributed by atoms with Gasteiger partial charge in [0.2, 0.25) is 5.88 Å². The van der Waals surface area contributed by atoms with Crippen LogP contribution in [0.15, 0.2) is 78.3 Å². The predicted octanol–water partition coefficient (Wildman–Crippen LogP) is 5.36. The van der Waals surface area contributed by atoms with E-state index >= 15 is 0 Å². The highest BCUT2D eigenvalue weighted by Gasteiger charge is 2.17. The second-order valence-electron chi connectivity index (χ2n) is 6.22. The van der Waals surface area contributed by atoms with Gasteiger partial charge >= 0.3 is 5.97 Å². The molecule has 0 saturated carbocycles. The van der Waals surface area contributed by atoms with Crippen molar-refractivity contribution in [3.63, 3.8) is 0 Å². The summed E-state index contributed by atoms with van der Waals surface area (Å²) in [7, 11) is 1.63. The van der Waals surface area contributed by atoms with Crippen molar-refractivity contribution in [3.05, 3.63) is 89.6 Å². The van der Waals surface area contributed by atoms with E-state index < -0.39 is 5.97 Å². The van der Waals surface area contributed by atoms with Crippen molar-refractivity contribution in [2.24, 2.45) is 0 Å². The van der Waals surface area contributed by atoms with Crippen molar-refractivity contribution in [1.82, 2.24) is 9.97 Å². The number of esters is 1. The summed E-state index contributed by atoms with van der Waals surface area (Å²) in [6, 6.07) is 20.1. The molecule has 6 nitrogen and oxygen atoms in total. The van der Waals surface area contributed by atoms with Crippen molar-refractivity contribution in [2.75, 3.05) is 7.11 Å². The van der Waals surface area contributed by atoms with Gasteiger partial charge in [-0.05, 0) is 36.4 Å². The van der Waals surface area contributed by atoms with Crippen LogP contribution in [0.2, 0.25) is 0 Å². The zero-order valence-electron chi connectivity index (χ0n) is 16.1. The molecule has 0 saturated heterocycles. The maximum absolute atomic E-state index is 12.6. The van der Waals surface area contributed by atoms with Crippen molar-refractivity contribution in [2.45, 2.75) is 6.61 Å². The lowest BCUT2D eigenvalue weighted by Crippen LogP contribution is -2.08. The Labute approximate surface area is 177 Å². The number of nitrogens with zero attached hydrogens (tertiary/aromatic N) is 2. The second-order valence-corrected chi connectivity index (χ2v) is 7.08. The molecule has 0 unspecified atom stereocenters. The summed E-state index contributed by atoms with van der Waals surface area (Å²) in [5.41, 5.74) is 1.87. The number of ether oxygens (including phenoxy) is 3. The Bertz CT molecular complexity index is 1140. The van der Waals surface area contributed by atoms with Crippen molar-refractivity contribution in [1.29, 1.82) is 0 Å². The number of benzene rings is 2. The first-order valence-electron chi connectivity index (χ1n) is 9.17. The molecule has 0 aliphatic heterocycles. The van der Waals surface area contributed by atoms with Gasteiger partial charge in [0.25, 0.3) is 0 Å². The molecular weight excluding hydrogens is 400 g/mol. The Morgan fingerprint density at radius 3 is 2.67 bits per heavy atom. The molecule has 0 N–H and O–H groups in total. The summed E-state index contributed by atoms with van der Waals surface area (Å²) in [6.07, 6.45) is 1.57. The summed E-state index contributed by atoms with van der Waals surface area (Å²) >= 11 is 1.48. The van der Waals surface area contributed by atoms with Crippen LogP contribution in [0, 0.1) is 0 Å². The molecule has 0 spiro atoms. The van der Waals surface area contributed by atoms with E-state index in [-0.39, 0.29) is 18.1 Å². The number of carbonyl (C=O) groups is 1. The molecule has 0 aliphatic rings. The van der Waals surface area contributed by atoms with Gasteiger partial charge < -0.3 is 14.2 Å². The van der Waals surface area contributed by atoms with Crippen molar-refractivity contribution in [3.8, 4) is 28.0 Å².